The number of aryl methyl sites for hydroxylation is 1. The first-order chi connectivity index (χ1) is 14.5. The van der Waals surface area contributed by atoms with Gasteiger partial charge < -0.3 is 20.5 Å². The number of amides is 3. The van der Waals surface area contributed by atoms with Gasteiger partial charge in [0.05, 0.1) is 13.2 Å². The second-order valence-electron chi connectivity index (χ2n) is 6.73. The lowest BCUT2D eigenvalue weighted by Crippen LogP contribution is -2.42. The average Bonchev–Trinajstić information content (AvgIpc) is 3.12. The minimum atomic E-state index is -0.799. The number of primary amides is 1. The Labute approximate surface area is 177 Å². The van der Waals surface area contributed by atoms with Crippen LogP contribution in [0.3, 0.4) is 0 Å². The van der Waals surface area contributed by atoms with Crippen molar-refractivity contribution < 1.29 is 23.5 Å². The molecule has 3 rings (SSSR count). The van der Waals surface area contributed by atoms with Gasteiger partial charge in [0.1, 0.15) is 23.0 Å². The summed E-state index contributed by atoms with van der Waals surface area (Å²) in [5.74, 6) is -1.23. The summed E-state index contributed by atoms with van der Waals surface area (Å²) in [6.45, 7) is 5.68. The lowest BCUT2D eigenvalue weighted by molar-refractivity contribution is 0.0388. The second-order valence-corrected chi connectivity index (χ2v) is 7.50. The number of ether oxygens (including phenoxy) is 2. The van der Waals surface area contributed by atoms with Crippen LogP contribution in [0.5, 0.6) is 5.88 Å². The van der Waals surface area contributed by atoms with Crippen LogP contribution in [0.25, 0.3) is 0 Å². The van der Waals surface area contributed by atoms with Gasteiger partial charge in [-0.1, -0.05) is 18.2 Å². The molecule has 4 N–H and O–H groups in total. The number of nitrogens with two attached hydrogens (primary N) is 1. The number of carbonyl (C=O) groups is 2. The highest BCUT2D eigenvalue weighted by Gasteiger charge is 2.22. The lowest BCUT2D eigenvalue weighted by Gasteiger charge is -2.26. The smallest absolute Gasteiger partial charge is 0.319 e. The maximum Gasteiger partial charge on any atom is 0.319 e. The zero-order valence-electron chi connectivity index (χ0n) is 16.6. The Hall–Kier alpha value is -2.76. The summed E-state index contributed by atoms with van der Waals surface area (Å²) in [5.41, 5.74) is 6.21. The predicted octanol–water partition coefficient (Wildman–Crippen LogP) is 1.72. The Kier molecular flexibility index (Phi) is 7.55. The number of carbonyl (C=O) groups excluding carboxylic acids is 2. The predicted molar refractivity (Wildman–Crippen MR) is 110 cm³/mol. The monoisotopic (exact) mass is 437 g/mol. The molecule has 0 saturated carbocycles. The summed E-state index contributed by atoms with van der Waals surface area (Å²) in [4.78, 5) is 26.2. The summed E-state index contributed by atoms with van der Waals surface area (Å²) >= 11 is 0.868. The fourth-order valence-electron chi connectivity index (χ4n) is 2.94. The molecular formula is C19H24FN5O4S. The number of hydrogen-bond donors (Lipinski definition) is 3. The largest absolute Gasteiger partial charge is 0.471 e. The number of halogens is 1. The van der Waals surface area contributed by atoms with Crippen molar-refractivity contribution in [1.29, 1.82) is 0 Å². The van der Waals surface area contributed by atoms with E-state index in [-0.39, 0.29) is 28.9 Å². The fourth-order valence-corrected chi connectivity index (χ4v) is 3.68. The van der Waals surface area contributed by atoms with Gasteiger partial charge in [-0.15, -0.1) is 0 Å². The van der Waals surface area contributed by atoms with E-state index in [2.05, 4.69) is 19.9 Å². The third kappa shape index (κ3) is 5.65. The number of hydrogen-bond acceptors (Lipinski definition) is 7. The van der Waals surface area contributed by atoms with E-state index in [0.29, 0.717) is 37.4 Å². The molecule has 9 nitrogen and oxygen atoms in total. The Morgan fingerprint density at radius 1 is 1.37 bits per heavy atom. The van der Waals surface area contributed by atoms with Crippen LogP contribution in [0.2, 0.25) is 0 Å². The summed E-state index contributed by atoms with van der Waals surface area (Å²) in [5, 5.41) is 5.48. The van der Waals surface area contributed by atoms with Gasteiger partial charge in [-0.3, -0.25) is 15.0 Å². The van der Waals surface area contributed by atoms with E-state index < -0.39 is 11.9 Å². The number of anilines is 1. The SMILES string of the molecule is Cc1cccc(COc2nsc(NC(=O)NCCN3CCOCC3)c2C(N)=O)c1F. The quantitative estimate of drug-likeness (QED) is 0.579. The van der Waals surface area contributed by atoms with Crippen molar-refractivity contribution in [2.75, 3.05) is 44.7 Å². The van der Waals surface area contributed by atoms with Crippen molar-refractivity contribution in [2.45, 2.75) is 13.5 Å². The molecule has 0 spiro atoms. The van der Waals surface area contributed by atoms with Crippen LogP contribution in [0.4, 0.5) is 14.2 Å². The summed E-state index contributed by atoms with van der Waals surface area (Å²) in [7, 11) is 0. The number of benzene rings is 1. The second kappa shape index (κ2) is 10.3. The van der Waals surface area contributed by atoms with Crippen molar-refractivity contribution in [1.82, 2.24) is 14.6 Å². The normalized spacial score (nSPS) is 14.3. The third-order valence-electron chi connectivity index (χ3n) is 4.59. The van der Waals surface area contributed by atoms with Crippen LogP contribution >= 0.6 is 11.5 Å². The van der Waals surface area contributed by atoms with E-state index in [1.54, 1.807) is 25.1 Å². The van der Waals surface area contributed by atoms with Crippen LogP contribution in [-0.2, 0) is 11.3 Å². The topological polar surface area (TPSA) is 119 Å². The van der Waals surface area contributed by atoms with Crippen LogP contribution < -0.4 is 21.1 Å². The summed E-state index contributed by atoms with van der Waals surface area (Å²) in [6.07, 6.45) is 0. The van der Waals surface area contributed by atoms with Gasteiger partial charge >= 0.3 is 6.03 Å². The third-order valence-corrected chi connectivity index (χ3v) is 5.33. The Balaban J connectivity index is 1.57. The number of aromatic nitrogens is 1. The van der Waals surface area contributed by atoms with Crippen molar-refractivity contribution in [2.24, 2.45) is 5.73 Å². The highest BCUT2D eigenvalue weighted by atomic mass is 32.1. The zero-order chi connectivity index (χ0) is 21.5. The van der Waals surface area contributed by atoms with E-state index in [9.17, 15) is 14.0 Å². The van der Waals surface area contributed by atoms with E-state index in [1.807, 2.05) is 0 Å². The van der Waals surface area contributed by atoms with Crippen LogP contribution in [0.15, 0.2) is 18.2 Å². The standard InChI is InChI=1S/C19H24FN5O4S/c1-12-3-2-4-13(15(12)20)11-29-17-14(16(21)26)18(30-24-17)23-19(27)22-5-6-25-7-9-28-10-8-25/h2-4H,5-11H2,1H3,(H2,21,26)(H2,22,23,27). The maximum atomic E-state index is 14.1. The van der Waals surface area contributed by atoms with Crippen molar-refractivity contribution in [3.8, 4) is 5.88 Å². The maximum absolute atomic E-state index is 14.1. The molecule has 0 bridgehead atoms. The Morgan fingerprint density at radius 3 is 2.87 bits per heavy atom. The number of urea groups is 1. The van der Waals surface area contributed by atoms with Crippen molar-refractivity contribution in [3.63, 3.8) is 0 Å². The molecule has 2 aromatic rings. The van der Waals surface area contributed by atoms with Gasteiger partial charge in [-0.25, -0.2) is 9.18 Å². The molecule has 0 aliphatic carbocycles. The molecule has 1 aromatic carbocycles. The van der Waals surface area contributed by atoms with E-state index in [4.69, 9.17) is 15.2 Å². The summed E-state index contributed by atoms with van der Waals surface area (Å²) in [6, 6.07) is 4.46. The van der Waals surface area contributed by atoms with Crippen LogP contribution in [0.1, 0.15) is 21.5 Å². The number of nitrogens with one attached hydrogen (secondary N) is 2. The molecule has 2 heterocycles. The molecule has 1 saturated heterocycles. The molecule has 1 aromatic heterocycles. The Morgan fingerprint density at radius 2 is 2.13 bits per heavy atom. The number of rotatable bonds is 8. The van der Waals surface area contributed by atoms with Gasteiger partial charge in [-0.05, 0) is 24.0 Å². The van der Waals surface area contributed by atoms with Gasteiger partial charge in [-0.2, -0.15) is 4.37 Å². The van der Waals surface area contributed by atoms with Gasteiger partial charge in [0, 0.05) is 31.7 Å². The molecule has 0 radical (unpaired) electrons. The molecular weight excluding hydrogens is 413 g/mol. The first-order valence-electron chi connectivity index (χ1n) is 9.47. The van der Waals surface area contributed by atoms with Gasteiger partial charge in [0.15, 0.2) is 0 Å². The molecule has 162 valence electrons. The molecule has 1 fully saturated rings. The van der Waals surface area contributed by atoms with Gasteiger partial charge in [0.25, 0.3) is 5.91 Å². The van der Waals surface area contributed by atoms with Crippen molar-refractivity contribution >= 4 is 28.5 Å². The number of nitrogens with zero attached hydrogens (tertiary/aromatic N) is 2. The van der Waals surface area contributed by atoms with Crippen LogP contribution in [-0.4, -0.2) is 60.6 Å². The minimum Gasteiger partial charge on any atom is -0.471 e. The molecule has 0 unspecified atom stereocenters. The van der Waals surface area contributed by atoms with Crippen molar-refractivity contribution in [3.05, 3.63) is 40.7 Å². The first-order valence-corrected chi connectivity index (χ1v) is 10.2. The molecule has 3 amide bonds. The first kappa shape index (κ1) is 21.9. The highest BCUT2D eigenvalue weighted by Crippen LogP contribution is 2.31. The molecule has 11 heteroatoms. The zero-order valence-corrected chi connectivity index (χ0v) is 17.4. The molecule has 0 atom stereocenters. The highest BCUT2D eigenvalue weighted by molar-refractivity contribution is 7.11. The average molecular weight is 437 g/mol. The number of morpholine rings is 1. The lowest BCUT2D eigenvalue weighted by atomic mass is 10.1. The fraction of sp³-hybridized carbons (Fsp3) is 0.421. The summed E-state index contributed by atoms with van der Waals surface area (Å²) < 4.78 is 29.0. The Bertz CT molecular complexity index is 901. The molecule has 30 heavy (non-hydrogen) atoms. The van der Waals surface area contributed by atoms with Gasteiger partial charge in [0.2, 0.25) is 5.88 Å². The molecule has 1 aliphatic rings. The molecule has 1 aliphatic heterocycles. The minimum absolute atomic E-state index is 0.0444. The van der Waals surface area contributed by atoms with Crippen LogP contribution in [0, 0.1) is 12.7 Å². The van der Waals surface area contributed by atoms with E-state index in [0.717, 1.165) is 24.6 Å². The van der Waals surface area contributed by atoms with E-state index in [1.165, 1.54) is 0 Å². The van der Waals surface area contributed by atoms with E-state index >= 15 is 0 Å².